The summed E-state index contributed by atoms with van der Waals surface area (Å²) in [6.45, 7) is 7.95. The van der Waals surface area contributed by atoms with Crippen molar-refractivity contribution in [3.63, 3.8) is 0 Å². The van der Waals surface area contributed by atoms with Gasteiger partial charge in [-0.25, -0.2) is 13.2 Å². The second-order valence-electron chi connectivity index (χ2n) is 7.46. The number of sulfonamides is 1. The van der Waals surface area contributed by atoms with Crippen molar-refractivity contribution in [1.82, 2.24) is 9.62 Å². The Balaban J connectivity index is 2.23. The summed E-state index contributed by atoms with van der Waals surface area (Å²) in [6.07, 6.45) is 0.426. The van der Waals surface area contributed by atoms with E-state index < -0.39 is 34.0 Å². The molecule has 0 aliphatic carbocycles. The number of thioether (sulfide) groups is 1. The molecule has 0 saturated carbocycles. The minimum atomic E-state index is -3.82. The van der Waals surface area contributed by atoms with E-state index in [0.29, 0.717) is 17.9 Å². The number of benzene rings is 1. The van der Waals surface area contributed by atoms with Crippen molar-refractivity contribution in [2.24, 2.45) is 5.92 Å². The number of hydrogen-bond donors (Lipinski definition) is 1. The summed E-state index contributed by atoms with van der Waals surface area (Å²) in [5.74, 6) is 0.159. The van der Waals surface area contributed by atoms with Crippen LogP contribution in [0.3, 0.4) is 0 Å². The molecule has 2 atom stereocenters. The number of nitrogens with zero attached hydrogens (tertiary/aromatic N) is 1. The van der Waals surface area contributed by atoms with Gasteiger partial charge in [0.15, 0.2) is 0 Å². The zero-order chi connectivity index (χ0) is 21.6. The fraction of sp³-hybridized carbons (Fsp3) is 0.600. The fourth-order valence-electron chi connectivity index (χ4n) is 3.12. The Bertz CT molecular complexity index is 809. The molecule has 1 fully saturated rings. The van der Waals surface area contributed by atoms with Gasteiger partial charge in [-0.2, -0.15) is 16.1 Å². The highest BCUT2D eigenvalue weighted by molar-refractivity contribution is 7.99. The third kappa shape index (κ3) is 6.20. The van der Waals surface area contributed by atoms with E-state index >= 15 is 0 Å². The van der Waals surface area contributed by atoms with Crippen LogP contribution in [-0.2, 0) is 24.3 Å². The van der Waals surface area contributed by atoms with Gasteiger partial charge in [-0.05, 0) is 38.3 Å². The minimum Gasteiger partial charge on any atom is -0.464 e. The lowest BCUT2D eigenvalue weighted by Crippen LogP contribution is -2.56. The van der Waals surface area contributed by atoms with Gasteiger partial charge in [-0.1, -0.05) is 31.5 Å². The average molecular weight is 443 g/mol. The molecule has 29 heavy (non-hydrogen) atoms. The second kappa shape index (κ2) is 10.4. The van der Waals surface area contributed by atoms with Crippen LogP contribution in [-0.4, -0.2) is 61.3 Å². The molecule has 1 aliphatic rings. The molecule has 0 radical (unpaired) electrons. The molecule has 1 saturated heterocycles. The SMILES string of the molecule is CCOC(=O)C(CC(C)C)NC(=O)[C@@H]1CSCCN1S(=O)(=O)c1ccc(C)cc1. The fourth-order valence-corrected chi connectivity index (χ4v) is 5.97. The zero-order valence-corrected chi connectivity index (χ0v) is 19.0. The van der Waals surface area contributed by atoms with E-state index in [4.69, 9.17) is 4.74 Å². The van der Waals surface area contributed by atoms with E-state index in [1.165, 1.54) is 16.1 Å². The molecule has 1 aromatic rings. The zero-order valence-electron chi connectivity index (χ0n) is 17.4. The van der Waals surface area contributed by atoms with Crippen molar-refractivity contribution < 1.29 is 22.7 Å². The van der Waals surface area contributed by atoms with Gasteiger partial charge in [0.05, 0.1) is 11.5 Å². The lowest BCUT2D eigenvalue weighted by Gasteiger charge is -2.34. The molecule has 1 heterocycles. The maximum absolute atomic E-state index is 13.2. The van der Waals surface area contributed by atoms with E-state index in [0.717, 1.165) is 5.56 Å². The standard InChI is InChI=1S/C20H30N2O5S2/c1-5-27-20(24)17(12-14(2)3)21-19(23)18-13-28-11-10-22(18)29(25,26)16-8-6-15(4)7-9-16/h6-9,14,17-18H,5,10-13H2,1-4H3,(H,21,23)/t17?,18-/m0/s1. The van der Waals surface area contributed by atoms with Gasteiger partial charge in [0.1, 0.15) is 12.1 Å². The van der Waals surface area contributed by atoms with Crippen LogP contribution in [0.5, 0.6) is 0 Å². The number of ether oxygens (including phenoxy) is 1. The normalized spacial score (nSPS) is 19.0. The molecule has 1 aliphatic heterocycles. The summed E-state index contributed by atoms with van der Waals surface area (Å²) in [5.41, 5.74) is 0.957. The summed E-state index contributed by atoms with van der Waals surface area (Å²) in [5, 5.41) is 2.73. The molecule has 0 spiro atoms. The molecule has 7 nitrogen and oxygen atoms in total. The number of nitrogens with one attached hydrogen (secondary N) is 1. The number of rotatable bonds is 8. The topological polar surface area (TPSA) is 92.8 Å². The van der Waals surface area contributed by atoms with E-state index in [1.807, 2.05) is 20.8 Å². The minimum absolute atomic E-state index is 0.164. The number of esters is 1. The first kappa shape index (κ1) is 23.7. The Labute approximate surface area is 177 Å². The van der Waals surface area contributed by atoms with Crippen LogP contribution in [0, 0.1) is 12.8 Å². The van der Waals surface area contributed by atoms with E-state index in [-0.39, 0.29) is 24.0 Å². The molecule has 0 bridgehead atoms. The van der Waals surface area contributed by atoms with Crippen molar-refractivity contribution in [1.29, 1.82) is 0 Å². The van der Waals surface area contributed by atoms with Gasteiger partial charge < -0.3 is 10.1 Å². The lowest BCUT2D eigenvalue weighted by atomic mass is 10.0. The monoisotopic (exact) mass is 442 g/mol. The Morgan fingerprint density at radius 1 is 1.28 bits per heavy atom. The maximum Gasteiger partial charge on any atom is 0.328 e. The summed E-state index contributed by atoms with van der Waals surface area (Å²) in [4.78, 5) is 25.4. The lowest BCUT2D eigenvalue weighted by molar-refractivity contribution is -0.148. The maximum atomic E-state index is 13.2. The number of carbonyl (C=O) groups excluding carboxylic acids is 2. The first-order chi connectivity index (χ1) is 13.7. The molecule has 9 heteroatoms. The van der Waals surface area contributed by atoms with E-state index in [9.17, 15) is 18.0 Å². The largest absolute Gasteiger partial charge is 0.464 e. The predicted octanol–water partition coefficient (Wildman–Crippen LogP) is 2.20. The van der Waals surface area contributed by atoms with Crippen molar-refractivity contribution in [2.45, 2.75) is 51.1 Å². The first-order valence-electron chi connectivity index (χ1n) is 9.80. The van der Waals surface area contributed by atoms with Gasteiger partial charge in [-0.15, -0.1) is 0 Å². The molecular weight excluding hydrogens is 412 g/mol. The predicted molar refractivity (Wildman–Crippen MR) is 114 cm³/mol. The molecule has 1 aromatic carbocycles. The highest BCUT2D eigenvalue weighted by Gasteiger charge is 2.39. The highest BCUT2D eigenvalue weighted by atomic mass is 32.2. The number of hydrogen-bond acceptors (Lipinski definition) is 6. The number of amides is 1. The van der Waals surface area contributed by atoms with Crippen LogP contribution in [0.1, 0.15) is 32.8 Å². The third-order valence-corrected chi connectivity index (χ3v) is 7.55. The Hall–Kier alpha value is -1.58. The second-order valence-corrected chi connectivity index (χ2v) is 10.5. The molecule has 162 valence electrons. The van der Waals surface area contributed by atoms with Crippen LogP contribution in [0.15, 0.2) is 29.2 Å². The summed E-state index contributed by atoms with van der Waals surface area (Å²) in [7, 11) is -3.82. The Morgan fingerprint density at radius 2 is 1.93 bits per heavy atom. The van der Waals surface area contributed by atoms with Gasteiger partial charge in [0, 0.05) is 18.1 Å². The highest BCUT2D eigenvalue weighted by Crippen LogP contribution is 2.25. The molecule has 1 unspecified atom stereocenters. The molecule has 0 aromatic heterocycles. The third-order valence-electron chi connectivity index (χ3n) is 4.60. The Kier molecular flexibility index (Phi) is 8.54. The van der Waals surface area contributed by atoms with Crippen LogP contribution >= 0.6 is 11.8 Å². The number of aryl methyl sites for hydroxylation is 1. The smallest absolute Gasteiger partial charge is 0.328 e. The molecule has 2 rings (SSSR count). The molecular formula is C20H30N2O5S2. The van der Waals surface area contributed by atoms with Crippen LogP contribution < -0.4 is 5.32 Å². The van der Waals surface area contributed by atoms with Crippen molar-refractivity contribution in [3.8, 4) is 0 Å². The summed E-state index contributed by atoms with van der Waals surface area (Å²) >= 11 is 1.53. The average Bonchev–Trinajstić information content (AvgIpc) is 2.67. The van der Waals surface area contributed by atoms with Crippen molar-refractivity contribution in [2.75, 3.05) is 24.7 Å². The van der Waals surface area contributed by atoms with Crippen molar-refractivity contribution >= 4 is 33.7 Å². The van der Waals surface area contributed by atoms with E-state index in [2.05, 4.69) is 5.32 Å². The molecule has 1 N–H and O–H groups in total. The van der Waals surface area contributed by atoms with Gasteiger partial charge in [-0.3, -0.25) is 4.79 Å². The number of carbonyl (C=O) groups is 2. The van der Waals surface area contributed by atoms with Gasteiger partial charge in [0.2, 0.25) is 15.9 Å². The first-order valence-corrected chi connectivity index (χ1v) is 12.4. The van der Waals surface area contributed by atoms with Crippen molar-refractivity contribution in [3.05, 3.63) is 29.8 Å². The van der Waals surface area contributed by atoms with Crippen LogP contribution in [0.2, 0.25) is 0 Å². The summed E-state index contributed by atoms with van der Waals surface area (Å²) in [6, 6.07) is 4.92. The van der Waals surface area contributed by atoms with E-state index in [1.54, 1.807) is 31.2 Å². The Morgan fingerprint density at radius 3 is 2.52 bits per heavy atom. The quantitative estimate of drug-likeness (QED) is 0.621. The van der Waals surface area contributed by atoms with Crippen LogP contribution in [0.25, 0.3) is 0 Å². The summed E-state index contributed by atoms with van der Waals surface area (Å²) < 4.78 is 32.6. The van der Waals surface area contributed by atoms with Gasteiger partial charge in [0.25, 0.3) is 0 Å². The van der Waals surface area contributed by atoms with Crippen LogP contribution in [0.4, 0.5) is 0 Å². The molecule has 1 amide bonds. The van der Waals surface area contributed by atoms with Gasteiger partial charge >= 0.3 is 5.97 Å².